The van der Waals surface area contributed by atoms with Crippen LogP contribution in [0, 0.1) is 5.92 Å². The fourth-order valence-corrected chi connectivity index (χ4v) is 9.78. The highest BCUT2D eigenvalue weighted by molar-refractivity contribution is 7.89. The van der Waals surface area contributed by atoms with Gasteiger partial charge in [0.15, 0.2) is 0 Å². The molecule has 34 heavy (non-hydrogen) atoms. The molecule has 6 nitrogen and oxygen atoms in total. The summed E-state index contributed by atoms with van der Waals surface area (Å²) in [6.45, 7) is 11.2. The van der Waals surface area contributed by atoms with E-state index in [-0.39, 0.29) is 37.6 Å². The normalized spacial score (nSPS) is 25.7. The summed E-state index contributed by atoms with van der Waals surface area (Å²) in [4.78, 5) is 3.02. The van der Waals surface area contributed by atoms with Gasteiger partial charge in [-0.2, -0.15) is 8.34 Å². The van der Waals surface area contributed by atoms with Gasteiger partial charge >= 0.3 is 7.20 Å². The monoisotopic (exact) mass is 492 g/mol. The van der Waals surface area contributed by atoms with E-state index in [0.29, 0.717) is 6.61 Å². The Labute approximate surface area is 208 Å². The summed E-state index contributed by atoms with van der Waals surface area (Å²) in [5.74, 6) is -0.0579. The van der Waals surface area contributed by atoms with Crippen LogP contribution in [0.3, 0.4) is 0 Å². The van der Waals surface area contributed by atoms with Crippen LogP contribution in [0.1, 0.15) is 34.6 Å². The van der Waals surface area contributed by atoms with Gasteiger partial charge in [0.2, 0.25) is 0 Å². The highest BCUT2D eigenvalue weighted by Gasteiger charge is 2.51. The fraction of sp³-hybridized carbons (Fsp3) is 0.500. The Morgan fingerprint density at radius 1 is 1.09 bits per heavy atom. The Morgan fingerprint density at radius 2 is 1.65 bits per heavy atom. The number of azide groups is 1. The minimum absolute atomic E-state index is 0.0471. The average molecular weight is 492 g/mol. The maximum atomic E-state index is 9.08. The zero-order valence-electron chi connectivity index (χ0n) is 20.6. The molecule has 2 aromatic carbocycles. The van der Waals surface area contributed by atoms with Crippen LogP contribution < -0.4 is 10.4 Å². The lowest BCUT2D eigenvalue weighted by Gasteiger charge is -2.47. The van der Waals surface area contributed by atoms with Gasteiger partial charge in [-0.1, -0.05) is 93.5 Å². The third-order valence-corrected chi connectivity index (χ3v) is 11.9. The van der Waals surface area contributed by atoms with Gasteiger partial charge < -0.3 is 13.8 Å². The fourth-order valence-electron chi connectivity index (χ4n) is 4.97. The van der Waals surface area contributed by atoms with Crippen molar-refractivity contribution in [3.63, 3.8) is 0 Å². The third kappa shape index (κ3) is 5.62. The zero-order chi connectivity index (χ0) is 24.8. The third-order valence-electron chi connectivity index (χ3n) is 6.67. The van der Waals surface area contributed by atoms with Gasteiger partial charge in [0, 0.05) is 10.8 Å². The predicted octanol–water partition coefficient (Wildman–Crippen LogP) is 4.35. The van der Waals surface area contributed by atoms with E-state index >= 15 is 0 Å². The van der Waals surface area contributed by atoms with Crippen molar-refractivity contribution in [1.29, 1.82) is 0 Å². The molecule has 0 N–H and O–H groups in total. The molecule has 0 saturated carbocycles. The molecular formula is C24H33B2N3O3PSi. The Morgan fingerprint density at radius 3 is 2.12 bits per heavy atom. The summed E-state index contributed by atoms with van der Waals surface area (Å²) in [5.41, 5.74) is 9.08. The van der Waals surface area contributed by atoms with Crippen molar-refractivity contribution in [3.8, 4) is 0 Å². The van der Waals surface area contributed by atoms with Crippen LogP contribution in [0.2, 0.25) is 5.04 Å². The Hall–Kier alpha value is -1.59. The van der Waals surface area contributed by atoms with Crippen LogP contribution in [-0.4, -0.2) is 54.0 Å². The summed E-state index contributed by atoms with van der Waals surface area (Å²) >= 11 is 0. The van der Waals surface area contributed by atoms with Crippen LogP contribution in [0.15, 0.2) is 65.8 Å². The van der Waals surface area contributed by atoms with Crippen molar-refractivity contribution >= 4 is 41.8 Å². The first kappa shape index (κ1) is 27.0. The molecule has 0 amide bonds. The molecule has 1 heterocycles. The largest absolute Gasteiger partial charge is 0.432 e. The minimum atomic E-state index is -2.69. The maximum Gasteiger partial charge on any atom is 0.311 e. The smallest absolute Gasteiger partial charge is 0.311 e. The van der Waals surface area contributed by atoms with Crippen molar-refractivity contribution in [3.05, 3.63) is 71.1 Å². The number of benzene rings is 2. The summed E-state index contributed by atoms with van der Waals surface area (Å²) < 4.78 is 19.4. The second-order valence-electron chi connectivity index (χ2n) is 9.79. The Balaban J connectivity index is 1.97. The lowest BCUT2D eigenvalue weighted by molar-refractivity contribution is -0.139. The lowest BCUT2D eigenvalue weighted by Crippen LogP contribution is -2.67. The van der Waals surface area contributed by atoms with Gasteiger partial charge in [0.05, 0.1) is 38.5 Å². The number of hydrogen-bond donors (Lipinski definition) is 0. The Kier molecular flexibility index (Phi) is 9.45. The van der Waals surface area contributed by atoms with Crippen molar-refractivity contribution in [2.75, 3.05) is 6.61 Å². The second-order valence-corrected chi connectivity index (χ2v) is 14.7. The van der Waals surface area contributed by atoms with Gasteiger partial charge in [-0.3, -0.25) is 0 Å². The Bertz CT molecular complexity index is 921. The molecule has 0 aliphatic carbocycles. The van der Waals surface area contributed by atoms with E-state index in [0.717, 1.165) is 0 Å². The standard InChI is InChI=1S/C24H33B2N3O3PSi/c1-17-21(31-18(2)22(28-29-27)23(17)32-26-33-25)16-30-34(24(3,4)5,19-12-8-6-9-13-19)20-14-10-7-11-15-20/h6-15,17-18,21-23,33H,16H2,1-5H3/t17-,18?,21?,22?,23+/m1/s1. The molecule has 2 aromatic rings. The number of nitrogens with zero attached hydrogens (tertiary/aromatic N) is 3. The van der Waals surface area contributed by atoms with Crippen molar-refractivity contribution in [2.45, 2.75) is 64.0 Å². The number of hydrogen-bond acceptors (Lipinski definition) is 4. The second kappa shape index (κ2) is 11.9. The molecule has 177 valence electrons. The molecule has 3 rings (SSSR count). The van der Waals surface area contributed by atoms with Gasteiger partial charge in [0.1, 0.15) is 0 Å². The zero-order valence-corrected chi connectivity index (χ0v) is 22.6. The van der Waals surface area contributed by atoms with E-state index in [4.69, 9.17) is 26.9 Å². The van der Waals surface area contributed by atoms with E-state index < -0.39 is 14.4 Å². The summed E-state index contributed by atoms with van der Waals surface area (Å²) in [7, 11) is 4.62. The summed E-state index contributed by atoms with van der Waals surface area (Å²) in [6.07, 6.45) is -0.857. The van der Waals surface area contributed by atoms with E-state index in [1.807, 2.05) is 19.1 Å². The summed E-state index contributed by atoms with van der Waals surface area (Å²) in [5, 5.41) is 6.29. The van der Waals surface area contributed by atoms with Crippen LogP contribution in [0.4, 0.5) is 0 Å². The molecule has 1 aliphatic heterocycles. The van der Waals surface area contributed by atoms with E-state index in [1.165, 1.54) is 10.4 Å². The van der Waals surface area contributed by atoms with Gasteiger partial charge in [0.25, 0.3) is 8.32 Å². The molecule has 3 radical (unpaired) electrons. The van der Waals surface area contributed by atoms with Gasteiger partial charge in [-0.05, 0) is 27.9 Å². The SMILES string of the molecule is [B]P[B]O[C@@H]1C(N=[N+]=[N-])C(C)OC(CO[Si](c2ccccc2)(c2ccccc2)C(C)(C)C)[C@H]1C. The van der Waals surface area contributed by atoms with Crippen molar-refractivity contribution in [2.24, 2.45) is 11.0 Å². The van der Waals surface area contributed by atoms with Gasteiger partial charge in [-0.15, -0.1) is 0 Å². The van der Waals surface area contributed by atoms with Gasteiger partial charge in [-0.25, -0.2) is 0 Å². The molecular weight excluding hydrogens is 459 g/mol. The predicted molar refractivity (Wildman–Crippen MR) is 145 cm³/mol. The molecule has 6 atom stereocenters. The molecule has 1 saturated heterocycles. The van der Waals surface area contributed by atoms with Crippen LogP contribution in [0.5, 0.6) is 0 Å². The first-order chi connectivity index (χ1) is 16.3. The minimum Gasteiger partial charge on any atom is -0.432 e. The van der Waals surface area contributed by atoms with E-state index in [1.54, 1.807) is 7.20 Å². The van der Waals surface area contributed by atoms with Crippen LogP contribution in [-0.2, 0) is 13.8 Å². The highest BCUT2D eigenvalue weighted by Crippen LogP contribution is 2.38. The number of rotatable bonds is 9. The molecule has 1 aliphatic rings. The first-order valence-electron chi connectivity index (χ1n) is 11.6. The summed E-state index contributed by atoms with van der Waals surface area (Å²) in [6, 6.07) is 20.7. The molecule has 4 unspecified atom stereocenters. The highest BCUT2D eigenvalue weighted by atomic mass is 31.1. The molecule has 1 fully saturated rings. The molecule has 0 bridgehead atoms. The number of ether oxygens (including phenoxy) is 1. The topological polar surface area (TPSA) is 76.5 Å². The molecule has 10 heteroatoms. The van der Waals surface area contributed by atoms with E-state index in [2.05, 4.69) is 86.3 Å². The van der Waals surface area contributed by atoms with Crippen LogP contribution >= 0.6 is 8.34 Å². The maximum absolute atomic E-state index is 9.08. The molecule has 0 aromatic heterocycles. The lowest BCUT2D eigenvalue weighted by atomic mass is 9.87. The van der Waals surface area contributed by atoms with Crippen LogP contribution in [0.25, 0.3) is 10.4 Å². The van der Waals surface area contributed by atoms with Crippen molar-refractivity contribution < 1.29 is 13.8 Å². The molecule has 0 spiro atoms. The average Bonchev–Trinajstić information content (AvgIpc) is 2.82. The van der Waals surface area contributed by atoms with E-state index in [9.17, 15) is 0 Å². The quantitative estimate of drug-likeness (QED) is 0.172. The van der Waals surface area contributed by atoms with Crippen molar-refractivity contribution in [1.82, 2.24) is 0 Å². The first-order valence-corrected chi connectivity index (χ1v) is 14.7.